The standard InChI is InChI=1S/C16H33BrO4/c1-2-3-4-5-6-7-9-18-11-13-20-15-16-21-14-12-19-10-8-17/h2-16H2,1H3. The summed E-state index contributed by atoms with van der Waals surface area (Å²) in [5.74, 6) is 0. The van der Waals surface area contributed by atoms with E-state index in [1.165, 1.54) is 38.5 Å². The van der Waals surface area contributed by atoms with Crippen LogP contribution in [0.1, 0.15) is 45.4 Å². The smallest absolute Gasteiger partial charge is 0.0701 e. The average molecular weight is 369 g/mol. The Balaban J connectivity index is 2.90. The molecule has 0 spiro atoms. The van der Waals surface area contributed by atoms with Gasteiger partial charge in [-0.1, -0.05) is 55.0 Å². The summed E-state index contributed by atoms with van der Waals surface area (Å²) in [4.78, 5) is 0. The van der Waals surface area contributed by atoms with E-state index >= 15 is 0 Å². The van der Waals surface area contributed by atoms with Gasteiger partial charge in [-0.15, -0.1) is 0 Å². The van der Waals surface area contributed by atoms with Crippen LogP contribution >= 0.6 is 15.9 Å². The van der Waals surface area contributed by atoms with Crippen molar-refractivity contribution in [3.8, 4) is 0 Å². The fourth-order valence-corrected chi connectivity index (χ4v) is 2.03. The summed E-state index contributed by atoms with van der Waals surface area (Å²) in [6.07, 6.45) is 7.82. The van der Waals surface area contributed by atoms with Gasteiger partial charge in [-0.25, -0.2) is 0 Å². The Bertz CT molecular complexity index is 164. The monoisotopic (exact) mass is 368 g/mol. The Labute approximate surface area is 139 Å². The number of rotatable bonds is 18. The van der Waals surface area contributed by atoms with Crippen molar-refractivity contribution >= 4 is 15.9 Å². The molecule has 21 heavy (non-hydrogen) atoms. The first kappa shape index (κ1) is 21.3. The fourth-order valence-electron chi connectivity index (χ4n) is 1.80. The molecule has 0 aliphatic heterocycles. The Morgan fingerprint density at radius 3 is 1.48 bits per heavy atom. The maximum atomic E-state index is 5.52. The third kappa shape index (κ3) is 20.3. The molecule has 0 saturated carbocycles. The van der Waals surface area contributed by atoms with Gasteiger partial charge in [0, 0.05) is 11.9 Å². The maximum Gasteiger partial charge on any atom is 0.0701 e. The van der Waals surface area contributed by atoms with Crippen LogP contribution in [0.5, 0.6) is 0 Å². The van der Waals surface area contributed by atoms with Gasteiger partial charge in [-0.2, -0.15) is 0 Å². The maximum absolute atomic E-state index is 5.52. The van der Waals surface area contributed by atoms with E-state index in [9.17, 15) is 0 Å². The molecule has 4 nitrogen and oxygen atoms in total. The Morgan fingerprint density at radius 1 is 0.524 bits per heavy atom. The van der Waals surface area contributed by atoms with Crippen molar-refractivity contribution in [2.24, 2.45) is 0 Å². The summed E-state index contributed by atoms with van der Waals surface area (Å²) < 4.78 is 21.6. The molecule has 0 aliphatic carbocycles. The highest BCUT2D eigenvalue weighted by Crippen LogP contribution is 2.04. The largest absolute Gasteiger partial charge is 0.379 e. The van der Waals surface area contributed by atoms with Crippen LogP contribution in [0, 0.1) is 0 Å². The summed E-state index contributed by atoms with van der Waals surface area (Å²) in [5, 5.41) is 0.870. The lowest BCUT2D eigenvalue weighted by atomic mass is 10.1. The molecule has 0 aromatic heterocycles. The van der Waals surface area contributed by atoms with Crippen LogP contribution in [0.15, 0.2) is 0 Å². The summed E-state index contributed by atoms with van der Waals surface area (Å²) in [7, 11) is 0. The molecule has 0 aromatic rings. The number of hydrogen-bond acceptors (Lipinski definition) is 4. The first-order chi connectivity index (χ1) is 10.4. The van der Waals surface area contributed by atoms with Crippen LogP contribution in [0.4, 0.5) is 0 Å². The molecule has 0 rings (SSSR count). The molecule has 0 unspecified atom stereocenters. The SMILES string of the molecule is CCCCCCCCOCCOCCOCCOCCBr. The van der Waals surface area contributed by atoms with E-state index in [2.05, 4.69) is 22.9 Å². The minimum Gasteiger partial charge on any atom is -0.379 e. The van der Waals surface area contributed by atoms with Gasteiger partial charge in [0.1, 0.15) is 0 Å². The van der Waals surface area contributed by atoms with Gasteiger partial charge in [-0.3, -0.25) is 0 Å². The van der Waals surface area contributed by atoms with Gasteiger partial charge >= 0.3 is 0 Å². The molecule has 0 N–H and O–H groups in total. The molecule has 0 amide bonds. The molecule has 0 heterocycles. The van der Waals surface area contributed by atoms with Crippen LogP contribution in [0.25, 0.3) is 0 Å². The van der Waals surface area contributed by atoms with Gasteiger partial charge in [0.15, 0.2) is 0 Å². The minimum absolute atomic E-state index is 0.620. The first-order valence-corrected chi connectivity index (χ1v) is 9.41. The molecule has 0 aliphatic rings. The number of ether oxygens (including phenoxy) is 4. The van der Waals surface area contributed by atoms with E-state index in [1.54, 1.807) is 0 Å². The summed E-state index contributed by atoms with van der Waals surface area (Å²) in [5.41, 5.74) is 0. The average Bonchev–Trinajstić information content (AvgIpc) is 2.50. The predicted molar refractivity (Wildman–Crippen MR) is 90.4 cm³/mol. The summed E-state index contributed by atoms with van der Waals surface area (Å²) in [6.45, 7) is 7.69. The van der Waals surface area contributed by atoms with E-state index in [1.807, 2.05) is 0 Å². The van der Waals surface area contributed by atoms with Crippen LogP contribution in [0.2, 0.25) is 0 Å². The number of hydrogen-bond donors (Lipinski definition) is 0. The van der Waals surface area contributed by atoms with E-state index in [-0.39, 0.29) is 0 Å². The molecule has 0 fully saturated rings. The third-order valence-corrected chi connectivity index (χ3v) is 3.30. The summed E-state index contributed by atoms with van der Waals surface area (Å²) >= 11 is 3.30. The molecule has 5 heteroatoms. The highest BCUT2D eigenvalue weighted by atomic mass is 79.9. The van der Waals surface area contributed by atoms with Crippen LogP contribution in [-0.4, -0.2) is 58.2 Å². The Kier molecular flexibility index (Phi) is 20.6. The lowest BCUT2D eigenvalue weighted by Gasteiger charge is -2.07. The lowest BCUT2D eigenvalue weighted by Crippen LogP contribution is -2.12. The van der Waals surface area contributed by atoms with Crippen LogP contribution in [-0.2, 0) is 18.9 Å². The van der Waals surface area contributed by atoms with Gasteiger partial charge in [-0.05, 0) is 6.42 Å². The topological polar surface area (TPSA) is 36.9 Å². The first-order valence-electron chi connectivity index (χ1n) is 8.28. The normalized spacial score (nSPS) is 11.1. The zero-order valence-corrected chi connectivity index (χ0v) is 15.2. The second-order valence-electron chi connectivity index (χ2n) is 4.91. The second-order valence-corrected chi connectivity index (χ2v) is 5.70. The third-order valence-electron chi connectivity index (χ3n) is 2.98. The number of alkyl halides is 1. The van der Waals surface area contributed by atoms with Gasteiger partial charge < -0.3 is 18.9 Å². The van der Waals surface area contributed by atoms with Gasteiger partial charge in [0.2, 0.25) is 0 Å². The number of unbranched alkanes of at least 4 members (excludes halogenated alkanes) is 5. The Hall–Kier alpha value is 0.320. The van der Waals surface area contributed by atoms with Gasteiger partial charge in [0.05, 0.1) is 46.2 Å². The number of halogens is 1. The molecular formula is C16H33BrO4. The van der Waals surface area contributed by atoms with Crippen molar-refractivity contribution in [1.82, 2.24) is 0 Å². The van der Waals surface area contributed by atoms with E-state index in [0.717, 1.165) is 18.5 Å². The zero-order valence-electron chi connectivity index (χ0n) is 13.6. The van der Waals surface area contributed by atoms with Crippen LogP contribution < -0.4 is 0 Å². The van der Waals surface area contributed by atoms with E-state index in [4.69, 9.17) is 18.9 Å². The molecular weight excluding hydrogens is 336 g/mol. The zero-order chi connectivity index (χ0) is 15.4. The van der Waals surface area contributed by atoms with E-state index in [0.29, 0.717) is 39.6 Å². The molecule has 0 radical (unpaired) electrons. The molecule has 0 aromatic carbocycles. The molecule has 0 bridgehead atoms. The van der Waals surface area contributed by atoms with Crippen molar-refractivity contribution in [3.63, 3.8) is 0 Å². The van der Waals surface area contributed by atoms with Gasteiger partial charge in [0.25, 0.3) is 0 Å². The quantitative estimate of drug-likeness (QED) is 0.272. The van der Waals surface area contributed by atoms with Crippen molar-refractivity contribution < 1.29 is 18.9 Å². The van der Waals surface area contributed by atoms with Crippen molar-refractivity contribution in [2.45, 2.75) is 45.4 Å². The van der Waals surface area contributed by atoms with Crippen LogP contribution in [0.3, 0.4) is 0 Å². The molecule has 0 saturated heterocycles. The van der Waals surface area contributed by atoms with E-state index < -0.39 is 0 Å². The molecule has 0 atom stereocenters. The second kappa shape index (κ2) is 20.3. The van der Waals surface area contributed by atoms with Crippen molar-refractivity contribution in [3.05, 3.63) is 0 Å². The van der Waals surface area contributed by atoms with Crippen molar-refractivity contribution in [2.75, 3.05) is 58.2 Å². The highest BCUT2D eigenvalue weighted by molar-refractivity contribution is 9.09. The summed E-state index contributed by atoms with van der Waals surface area (Å²) in [6, 6.07) is 0. The molecule has 128 valence electrons. The predicted octanol–water partition coefficient (Wildman–Crippen LogP) is 3.81. The lowest BCUT2D eigenvalue weighted by molar-refractivity contribution is -0.000538. The Morgan fingerprint density at radius 2 is 0.952 bits per heavy atom. The minimum atomic E-state index is 0.620. The van der Waals surface area contributed by atoms with Crippen molar-refractivity contribution in [1.29, 1.82) is 0 Å². The fraction of sp³-hybridized carbons (Fsp3) is 1.00. The highest BCUT2D eigenvalue weighted by Gasteiger charge is 1.93.